The molecule has 8 nitrogen and oxygen atoms in total. The van der Waals surface area contributed by atoms with Crippen molar-refractivity contribution in [2.75, 3.05) is 11.9 Å². The van der Waals surface area contributed by atoms with Crippen LogP contribution in [0.1, 0.15) is 24.3 Å². The van der Waals surface area contributed by atoms with Gasteiger partial charge in [-0.05, 0) is 26.7 Å². The lowest BCUT2D eigenvalue weighted by Gasteiger charge is -2.22. The molecule has 1 aliphatic rings. The first-order chi connectivity index (χ1) is 13.9. The van der Waals surface area contributed by atoms with Crippen molar-refractivity contribution in [2.45, 2.75) is 37.6 Å². The molecule has 2 aromatic heterocycles. The van der Waals surface area contributed by atoms with E-state index < -0.39 is 16.1 Å². The summed E-state index contributed by atoms with van der Waals surface area (Å²) in [5, 5.41) is 8.81. The van der Waals surface area contributed by atoms with Crippen LogP contribution >= 0.6 is 11.3 Å². The first-order valence-electron chi connectivity index (χ1n) is 9.14. The van der Waals surface area contributed by atoms with Crippen LogP contribution < -0.4 is 5.32 Å². The van der Waals surface area contributed by atoms with E-state index in [4.69, 9.17) is 4.52 Å². The van der Waals surface area contributed by atoms with Crippen molar-refractivity contribution < 1.29 is 17.7 Å². The van der Waals surface area contributed by atoms with Crippen LogP contribution in [0.15, 0.2) is 45.1 Å². The molecular weight excluding hydrogens is 412 g/mol. The van der Waals surface area contributed by atoms with Crippen molar-refractivity contribution >= 4 is 32.4 Å². The van der Waals surface area contributed by atoms with Gasteiger partial charge in [-0.3, -0.25) is 4.79 Å². The normalized spacial score (nSPS) is 17.5. The van der Waals surface area contributed by atoms with Crippen molar-refractivity contribution in [2.24, 2.45) is 0 Å². The van der Waals surface area contributed by atoms with Crippen molar-refractivity contribution in [1.29, 1.82) is 0 Å². The third-order valence-corrected chi connectivity index (χ3v) is 7.76. The van der Waals surface area contributed by atoms with Gasteiger partial charge in [0.25, 0.3) is 0 Å². The SMILES string of the molecule is Cc1noc(C)c1S(=O)(=O)N1CCCC1C(=O)Nc1nc(-c2ccccc2)cs1. The lowest BCUT2D eigenvalue weighted by Crippen LogP contribution is -2.43. The lowest BCUT2D eigenvalue weighted by molar-refractivity contribution is -0.119. The number of thiazole rings is 1. The summed E-state index contributed by atoms with van der Waals surface area (Å²) in [7, 11) is -3.88. The summed E-state index contributed by atoms with van der Waals surface area (Å²) < 4.78 is 32.5. The third-order valence-electron chi connectivity index (χ3n) is 4.84. The summed E-state index contributed by atoms with van der Waals surface area (Å²) in [6.45, 7) is 3.41. The van der Waals surface area contributed by atoms with E-state index in [9.17, 15) is 13.2 Å². The third kappa shape index (κ3) is 3.70. The Hall–Kier alpha value is -2.56. The highest BCUT2D eigenvalue weighted by Gasteiger charge is 2.42. The van der Waals surface area contributed by atoms with Crippen molar-refractivity contribution in [3.8, 4) is 11.3 Å². The number of nitrogens with zero attached hydrogens (tertiary/aromatic N) is 3. The fourth-order valence-electron chi connectivity index (χ4n) is 3.51. The molecule has 29 heavy (non-hydrogen) atoms. The Morgan fingerprint density at radius 2 is 2.03 bits per heavy atom. The maximum atomic E-state index is 13.1. The van der Waals surface area contributed by atoms with Crippen molar-refractivity contribution in [3.63, 3.8) is 0 Å². The second kappa shape index (κ2) is 7.69. The molecule has 1 N–H and O–H groups in total. The van der Waals surface area contributed by atoms with Crippen LogP contribution in [-0.4, -0.2) is 41.4 Å². The first kappa shape index (κ1) is 19.7. The molecule has 3 aromatic rings. The van der Waals surface area contributed by atoms with E-state index in [0.717, 1.165) is 11.3 Å². The second-order valence-corrected chi connectivity index (χ2v) is 9.51. The largest absolute Gasteiger partial charge is 0.360 e. The summed E-state index contributed by atoms with van der Waals surface area (Å²) in [4.78, 5) is 17.4. The summed E-state index contributed by atoms with van der Waals surface area (Å²) in [5.74, 6) is -0.159. The molecular formula is C19H20N4O4S2. The predicted molar refractivity (Wildman–Crippen MR) is 109 cm³/mol. The van der Waals surface area contributed by atoms with Crippen LogP contribution in [0.5, 0.6) is 0 Å². The van der Waals surface area contributed by atoms with Crippen molar-refractivity contribution in [1.82, 2.24) is 14.4 Å². The molecule has 1 atom stereocenters. The molecule has 0 spiro atoms. The highest BCUT2D eigenvalue weighted by Crippen LogP contribution is 2.31. The molecule has 1 saturated heterocycles. The van der Waals surface area contributed by atoms with E-state index >= 15 is 0 Å². The molecule has 10 heteroatoms. The van der Waals surface area contributed by atoms with E-state index in [1.807, 2.05) is 35.7 Å². The number of aryl methyl sites for hydroxylation is 2. The molecule has 0 aliphatic carbocycles. The van der Waals surface area contributed by atoms with Crippen LogP contribution in [0.2, 0.25) is 0 Å². The summed E-state index contributed by atoms with van der Waals surface area (Å²) >= 11 is 1.31. The standard InChI is InChI=1S/C19H20N4O4S2/c1-12-17(13(2)27-22-12)29(25,26)23-10-6-9-16(23)18(24)21-19-20-15(11-28-19)14-7-4-3-5-8-14/h3-5,7-8,11,16H,6,9-10H2,1-2H3,(H,20,21,24). The zero-order valence-corrected chi connectivity index (χ0v) is 17.6. The van der Waals surface area contributed by atoms with Gasteiger partial charge in [-0.25, -0.2) is 13.4 Å². The van der Waals surface area contributed by atoms with Gasteiger partial charge in [-0.15, -0.1) is 11.3 Å². The van der Waals surface area contributed by atoms with Gasteiger partial charge < -0.3 is 9.84 Å². The molecule has 1 fully saturated rings. The molecule has 1 aliphatic heterocycles. The number of nitrogens with one attached hydrogen (secondary N) is 1. The molecule has 1 aromatic carbocycles. The van der Waals surface area contributed by atoms with Crippen molar-refractivity contribution in [3.05, 3.63) is 47.2 Å². The summed E-state index contributed by atoms with van der Waals surface area (Å²) in [6.07, 6.45) is 1.05. The number of carbonyl (C=O) groups excluding carboxylic acids is 1. The Bertz CT molecular complexity index is 1120. The predicted octanol–water partition coefficient (Wildman–Crippen LogP) is 3.21. The topological polar surface area (TPSA) is 105 Å². The highest BCUT2D eigenvalue weighted by molar-refractivity contribution is 7.89. The maximum Gasteiger partial charge on any atom is 0.249 e. The van der Waals surface area contributed by atoms with Gasteiger partial charge in [-0.1, -0.05) is 35.5 Å². The van der Waals surface area contributed by atoms with E-state index in [1.54, 1.807) is 13.8 Å². The van der Waals surface area contributed by atoms with Crippen LogP contribution in [0.25, 0.3) is 11.3 Å². The minimum atomic E-state index is -3.88. The van der Waals surface area contributed by atoms with Gasteiger partial charge in [0.2, 0.25) is 15.9 Å². The lowest BCUT2D eigenvalue weighted by atomic mass is 10.2. The van der Waals surface area contributed by atoms with E-state index in [2.05, 4.69) is 15.5 Å². The molecule has 152 valence electrons. The van der Waals surface area contributed by atoms with E-state index in [-0.39, 0.29) is 23.1 Å². The van der Waals surface area contributed by atoms with Crippen LogP contribution in [-0.2, 0) is 14.8 Å². The van der Waals surface area contributed by atoms with Gasteiger partial charge in [0.15, 0.2) is 10.9 Å². The molecule has 0 saturated carbocycles. The molecule has 0 bridgehead atoms. The number of benzene rings is 1. The molecule has 1 amide bonds. The number of amides is 1. The smallest absolute Gasteiger partial charge is 0.249 e. The monoisotopic (exact) mass is 432 g/mol. The van der Waals surface area contributed by atoms with Gasteiger partial charge in [0, 0.05) is 17.5 Å². The van der Waals surface area contributed by atoms with Gasteiger partial charge >= 0.3 is 0 Å². The minimum Gasteiger partial charge on any atom is -0.360 e. The molecule has 3 heterocycles. The number of sulfonamides is 1. The fourth-order valence-corrected chi connectivity index (χ4v) is 6.19. The summed E-state index contributed by atoms with van der Waals surface area (Å²) in [6, 6.07) is 8.85. The Morgan fingerprint density at radius 3 is 2.72 bits per heavy atom. The van der Waals surface area contributed by atoms with Gasteiger partial charge in [0.1, 0.15) is 16.6 Å². The quantitative estimate of drug-likeness (QED) is 0.664. The minimum absolute atomic E-state index is 0.0396. The Labute approximate surface area is 172 Å². The number of rotatable bonds is 5. The van der Waals surface area contributed by atoms with E-state index in [1.165, 1.54) is 15.6 Å². The average molecular weight is 433 g/mol. The number of hydrogen-bond acceptors (Lipinski definition) is 7. The zero-order chi connectivity index (χ0) is 20.6. The second-order valence-electron chi connectivity index (χ2n) is 6.82. The van der Waals surface area contributed by atoms with E-state index in [0.29, 0.717) is 23.7 Å². The Kier molecular flexibility index (Phi) is 5.24. The molecule has 1 unspecified atom stereocenters. The number of carbonyl (C=O) groups is 1. The first-order valence-corrected chi connectivity index (χ1v) is 11.5. The molecule has 0 radical (unpaired) electrons. The fraction of sp³-hybridized carbons (Fsp3) is 0.316. The van der Waals surface area contributed by atoms with Gasteiger partial charge in [-0.2, -0.15) is 4.31 Å². The Balaban J connectivity index is 1.54. The summed E-state index contributed by atoms with van der Waals surface area (Å²) in [5.41, 5.74) is 2.01. The number of anilines is 1. The maximum absolute atomic E-state index is 13.1. The van der Waals surface area contributed by atoms with Crippen LogP contribution in [0.3, 0.4) is 0 Å². The number of aromatic nitrogens is 2. The van der Waals surface area contributed by atoms with Gasteiger partial charge in [0.05, 0.1) is 5.69 Å². The molecule has 4 rings (SSSR count). The average Bonchev–Trinajstić information content (AvgIpc) is 3.43. The zero-order valence-electron chi connectivity index (χ0n) is 16.0. The van der Waals surface area contributed by atoms with Crippen LogP contribution in [0.4, 0.5) is 5.13 Å². The number of hydrogen-bond donors (Lipinski definition) is 1. The Morgan fingerprint density at radius 1 is 1.28 bits per heavy atom. The highest BCUT2D eigenvalue weighted by atomic mass is 32.2. The van der Waals surface area contributed by atoms with Crippen LogP contribution in [0, 0.1) is 13.8 Å².